The van der Waals surface area contributed by atoms with Gasteiger partial charge in [-0.25, -0.2) is 0 Å². The maximum Gasteiger partial charge on any atom is 0.271 e. The van der Waals surface area contributed by atoms with Crippen LogP contribution in [-0.4, -0.2) is 64.1 Å². The number of carbonyl (C=O) groups is 1. The predicted octanol–water partition coefficient (Wildman–Crippen LogP) is 2.03. The van der Waals surface area contributed by atoms with Crippen LogP contribution in [0.1, 0.15) is 29.8 Å². The summed E-state index contributed by atoms with van der Waals surface area (Å²) >= 11 is 0. The first-order chi connectivity index (χ1) is 11.1. The van der Waals surface area contributed by atoms with E-state index >= 15 is 0 Å². The van der Waals surface area contributed by atoms with Gasteiger partial charge in [0.05, 0.1) is 5.69 Å². The van der Waals surface area contributed by atoms with Crippen LogP contribution in [0.3, 0.4) is 0 Å². The van der Waals surface area contributed by atoms with E-state index < -0.39 is 0 Å². The van der Waals surface area contributed by atoms with Gasteiger partial charge in [0.15, 0.2) is 0 Å². The Balaban J connectivity index is 1.70. The van der Waals surface area contributed by atoms with Gasteiger partial charge in [-0.15, -0.1) is 0 Å². The van der Waals surface area contributed by atoms with Gasteiger partial charge in [0.25, 0.3) is 5.91 Å². The number of nitrogens with zero attached hydrogens (tertiary/aromatic N) is 4. The largest absolute Gasteiger partial charge is 0.337 e. The highest BCUT2D eigenvalue weighted by Gasteiger charge is 2.23. The lowest BCUT2D eigenvalue weighted by Crippen LogP contribution is -2.34. The number of aromatic nitrogens is 3. The van der Waals surface area contributed by atoms with Crippen molar-refractivity contribution in [3.8, 4) is 11.3 Å². The monoisotopic (exact) mass is 313 g/mol. The van der Waals surface area contributed by atoms with Crippen molar-refractivity contribution in [2.75, 3.05) is 27.2 Å². The quantitative estimate of drug-likeness (QED) is 0.941. The molecule has 2 aromatic heterocycles. The van der Waals surface area contributed by atoms with Crippen LogP contribution in [-0.2, 0) is 0 Å². The fourth-order valence-corrected chi connectivity index (χ4v) is 3.07. The Morgan fingerprint density at radius 1 is 1.26 bits per heavy atom. The van der Waals surface area contributed by atoms with E-state index in [-0.39, 0.29) is 5.91 Å². The van der Waals surface area contributed by atoms with Crippen molar-refractivity contribution in [3.63, 3.8) is 0 Å². The highest BCUT2D eigenvalue weighted by Crippen LogP contribution is 2.19. The molecule has 3 heterocycles. The highest BCUT2D eigenvalue weighted by molar-refractivity contribution is 5.93. The summed E-state index contributed by atoms with van der Waals surface area (Å²) in [6.45, 7) is 1.61. The van der Waals surface area contributed by atoms with Gasteiger partial charge in [-0.1, -0.05) is 0 Å². The van der Waals surface area contributed by atoms with Crippen molar-refractivity contribution in [2.45, 2.75) is 25.3 Å². The van der Waals surface area contributed by atoms with Crippen molar-refractivity contribution < 1.29 is 4.79 Å². The van der Waals surface area contributed by atoms with Crippen molar-refractivity contribution in [1.82, 2.24) is 25.0 Å². The molecule has 1 amide bonds. The Morgan fingerprint density at radius 3 is 2.78 bits per heavy atom. The molecular formula is C17H23N5O. The molecule has 3 rings (SSSR count). The van der Waals surface area contributed by atoms with Gasteiger partial charge in [0.1, 0.15) is 5.69 Å². The van der Waals surface area contributed by atoms with Gasteiger partial charge >= 0.3 is 0 Å². The number of nitrogens with one attached hydrogen (secondary N) is 1. The number of amides is 1. The van der Waals surface area contributed by atoms with E-state index in [1.165, 1.54) is 0 Å². The van der Waals surface area contributed by atoms with Crippen LogP contribution >= 0.6 is 0 Å². The molecule has 122 valence electrons. The molecular weight excluding hydrogens is 290 g/mol. The Hall–Kier alpha value is -2.21. The minimum atomic E-state index is 0.0391. The van der Waals surface area contributed by atoms with E-state index in [1.807, 2.05) is 23.1 Å². The fraction of sp³-hybridized carbons (Fsp3) is 0.471. The van der Waals surface area contributed by atoms with Crippen molar-refractivity contribution in [1.29, 1.82) is 0 Å². The molecule has 1 N–H and O–H groups in total. The summed E-state index contributed by atoms with van der Waals surface area (Å²) in [6, 6.07) is 6.16. The van der Waals surface area contributed by atoms with Gasteiger partial charge < -0.3 is 9.80 Å². The number of hydrogen-bond acceptors (Lipinski definition) is 4. The van der Waals surface area contributed by atoms with E-state index in [2.05, 4.69) is 34.2 Å². The summed E-state index contributed by atoms with van der Waals surface area (Å²) < 4.78 is 0. The molecule has 0 spiro atoms. The molecule has 0 bridgehead atoms. The average Bonchev–Trinajstić information content (AvgIpc) is 2.92. The summed E-state index contributed by atoms with van der Waals surface area (Å²) in [5.41, 5.74) is 2.29. The van der Waals surface area contributed by atoms with E-state index in [4.69, 9.17) is 0 Å². The lowest BCUT2D eigenvalue weighted by molar-refractivity contribution is 0.0752. The van der Waals surface area contributed by atoms with Crippen LogP contribution in [0.25, 0.3) is 11.3 Å². The molecule has 1 aliphatic heterocycles. The minimum Gasteiger partial charge on any atom is -0.337 e. The van der Waals surface area contributed by atoms with E-state index in [0.717, 1.165) is 43.6 Å². The zero-order valence-electron chi connectivity index (χ0n) is 13.7. The van der Waals surface area contributed by atoms with Gasteiger partial charge in [0, 0.05) is 37.1 Å². The van der Waals surface area contributed by atoms with Gasteiger partial charge in [-0.2, -0.15) is 5.10 Å². The predicted molar refractivity (Wildman–Crippen MR) is 89.0 cm³/mol. The molecule has 23 heavy (non-hydrogen) atoms. The maximum atomic E-state index is 12.7. The second kappa shape index (κ2) is 6.91. The third kappa shape index (κ3) is 3.59. The Labute approximate surface area is 136 Å². The normalized spacial score (nSPS) is 18.9. The molecule has 0 unspecified atom stereocenters. The molecule has 0 aliphatic carbocycles. The Morgan fingerprint density at radius 2 is 2.04 bits per heavy atom. The molecule has 0 radical (unpaired) electrons. The first-order valence-electron chi connectivity index (χ1n) is 8.06. The molecule has 6 nitrogen and oxygen atoms in total. The molecule has 6 heteroatoms. The topological polar surface area (TPSA) is 65.1 Å². The Bertz CT molecular complexity index is 652. The molecule has 1 saturated heterocycles. The summed E-state index contributed by atoms with van der Waals surface area (Å²) in [4.78, 5) is 20.9. The minimum absolute atomic E-state index is 0.0391. The summed E-state index contributed by atoms with van der Waals surface area (Å²) in [5.74, 6) is 0.0391. The second-order valence-corrected chi connectivity index (χ2v) is 6.24. The molecule has 0 saturated carbocycles. The molecule has 0 aromatic carbocycles. The lowest BCUT2D eigenvalue weighted by Gasteiger charge is -2.23. The lowest BCUT2D eigenvalue weighted by atomic mass is 10.1. The Kier molecular flexibility index (Phi) is 4.71. The number of rotatable bonds is 3. The number of pyridine rings is 1. The third-order valence-corrected chi connectivity index (χ3v) is 4.50. The number of likely N-dealkylation sites (tertiary alicyclic amines) is 1. The third-order valence-electron chi connectivity index (χ3n) is 4.50. The molecule has 1 fully saturated rings. The first kappa shape index (κ1) is 15.7. The zero-order chi connectivity index (χ0) is 16.2. The zero-order valence-corrected chi connectivity index (χ0v) is 13.7. The van der Waals surface area contributed by atoms with Crippen molar-refractivity contribution in [2.24, 2.45) is 0 Å². The summed E-state index contributed by atoms with van der Waals surface area (Å²) in [6.07, 6.45) is 6.65. The molecule has 1 aliphatic rings. The van der Waals surface area contributed by atoms with Crippen LogP contribution in [0.15, 0.2) is 30.6 Å². The number of hydrogen-bond donors (Lipinski definition) is 1. The number of carbonyl (C=O) groups excluding carboxylic acids is 1. The van der Waals surface area contributed by atoms with Gasteiger partial charge in [-0.3, -0.25) is 14.9 Å². The summed E-state index contributed by atoms with van der Waals surface area (Å²) in [5, 5.41) is 7.14. The van der Waals surface area contributed by atoms with Crippen molar-refractivity contribution in [3.05, 3.63) is 36.3 Å². The van der Waals surface area contributed by atoms with Crippen LogP contribution in [0, 0.1) is 0 Å². The molecule has 1 atom stereocenters. The van der Waals surface area contributed by atoms with Crippen LogP contribution in [0.5, 0.6) is 0 Å². The highest BCUT2D eigenvalue weighted by atomic mass is 16.2. The number of H-pyrrole nitrogens is 1. The van der Waals surface area contributed by atoms with Gasteiger partial charge in [0.2, 0.25) is 0 Å². The van der Waals surface area contributed by atoms with Gasteiger partial charge in [-0.05, 0) is 51.6 Å². The smallest absolute Gasteiger partial charge is 0.271 e. The number of aromatic amines is 1. The SMILES string of the molecule is CN(C)[C@H]1CCCN(C(=O)c2cc(-c3ccncc3)n[nH]2)CC1. The van der Waals surface area contributed by atoms with E-state index in [9.17, 15) is 4.79 Å². The van der Waals surface area contributed by atoms with E-state index in [1.54, 1.807) is 12.4 Å². The van der Waals surface area contributed by atoms with E-state index in [0.29, 0.717) is 11.7 Å². The average molecular weight is 313 g/mol. The maximum absolute atomic E-state index is 12.7. The van der Waals surface area contributed by atoms with Crippen LogP contribution in [0.4, 0.5) is 0 Å². The summed E-state index contributed by atoms with van der Waals surface area (Å²) in [7, 11) is 4.22. The van der Waals surface area contributed by atoms with Crippen LogP contribution in [0.2, 0.25) is 0 Å². The van der Waals surface area contributed by atoms with Crippen LogP contribution < -0.4 is 0 Å². The second-order valence-electron chi connectivity index (χ2n) is 6.24. The molecule has 2 aromatic rings. The standard InChI is InChI=1S/C17H23N5O/c1-21(2)14-4-3-10-22(11-7-14)17(23)16-12-15(19-20-16)13-5-8-18-9-6-13/h5-6,8-9,12,14H,3-4,7,10-11H2,1-2H3,(H,19,20)/t14-/m0/s1. The first-order valence-corrected chi connectivity index (χ1v) is 8.06. The fourth-order valence-electron chi connectivity index (χ4n) is 3.07. The van der Waals surface area contributed by atoms with Crippen molar-refractivity contribution >= 4 is 5.91 Å².